The minimum Gasteiger partial charge on any atom is -0.478 e. The molecule has 2 N–H and O–H groups in total. The highest BCUT2D eigenvalue weighted by atomic mass is 16.4. The van der Waals surface area contributed by atoms with Crippen LogP contribution in [-0.2, 0) is 19.5 Å². The monoisotopic (exact) mass is 269 g/mol. The van der Waals surface area contributed by atoms with E-state index >= 15 is 0 Å². The lowest BCUT2D eigenvalue weighted by molar-refractivity contribution is 0.0696. The van der Waals surface area contributed by atoms with E-state index in [4.69, 9.17) is 5.11 Å². The number of carbonyl (C=O) groups is 1. The molecule has 0 bridgehead atoms. The first kappa shape index (κ1) is 14.3. The van der Waals surface area contributed by atoms with Crippen molar-refractivity contribution in [3.8, 4) is 0 Å². The van der Waals surface area contributed by atoms with Gasteiger partial charge in [-0.2, -0.15) is 0 Å². The Morgan fingerprint density at radius 2 is 1.80 bits per heavy atom. The smallest absolute Gasteiger partial charge is 0.335 e. The maximum Gasteiger partial charge on any atom is 0.335 e. The molecule has 0 radical (unpaired) electrons. The summed E-state index contributed by atoms with van der Waals surface area (Å²) in [6.45, 7) is 3.61. The Kier molecular flexibility index (Phi) is 4.91. The van der Waals surface area contributed by atoms with Crippen LogP contribution in [0.1, 0.15) is 34.0 Å². The van der Waals surface area contributed by atoms with Crippen LogP contribution in [0.3, 0.4) is 0 Å². The summed E-state index contributed by atoms with van der Waals surface area (Å²) in [5.41, 5.74) is 3.96. The normalized spacial score (nSPS) is 10.4. The third-order valence-electron chi connectivity index (χ3n) is 3.32. The molecule has 0 heterocycles. The van der Waals surface area contributed by atoms with Gasteiger partial charge in [-0.25, -0.2) is 4.79 Å². The number of hydrogen-bond donors (Lipinski definition) is 2. The van der Waals surface area contributed by atoms with Gasteiger partial charge in [0.1, 0.15) is 0 Å². The molecule has 0 aliphatic carbocycles. The van der Waals surface area contributed by atoms with Crippen LogP contribution in [0.5, 0.6) is 0 Å². The minimum atomic E-state index is -0.886. The van der Waals surface area contributed by atoms with Crippen LogP contribution in [0.15, 0.2) is 48.5 Å². The molecule has 3 heteroatoms. The standard InChI is InChI=1S/C17H19NO2/c1-2-14-7-3-4-8-16(14)12-18-11-13-6-5-9-15(10-13)17(19)20/h3-10,18H,2,11-12H2,1H3,(H,19,20). The Bertz CT molecular complexity index is 593. The van der Waals surface area contributed by atoms with Crippen molar-refractivity contribution in [3.05, 3.63) is 70.8 Å². The molecule has 0 atom stereocenters. The van der Waals surface area contributed by atoms with Crippen LogP contribution < -0.4 is 5.32 Å². The number of hydrogen-bond acceptors (Lipinski definition) is 2. The van der Waals surface area contributed by atoms with Crippen LogP contribution in [0.2, 0.25) is 0 Å². The number of carboxylic acid groups (broad SMARTS) is 1. The third-order valence-corrected chi connectivity index (χ3v) is 3.32. The first-order valence-corrected chi connectivity index (χ1v) is 6.80. The highest BCUT2D eigenvalue weighted by Gasteiger charge is 2.03. The molecule has 3 nitrogen and oxygen atoms in total. The van der Waals surface area contributed by atoms with Crippen molar-refractivity contribution in [2.24, 2.45) is 0 Å². The summed E-state index contributed by atoms with van der Waals surface area (Å²) in [6.07, 6.45) is 1.02. The molecule has 20 heavy (non-hydrogen) atoms. The molecular weight excluding hydrogens is 250 g/mol. The van der Waals surface area contributed by atoms with Crippen molar-refractivity contribution >= 4 is 5.97 Å². The number of aromatic carboxylic acids is 1. The highest BCUT2D eigenvalue weighted by Crippen LogP contribution is 2.10. The molecule has 2 aromatic carbocycles. The first-order chi connectivity index (χ1) is 9.70. The van der Waals surface area contributed by atoms with E-state index in [-0.39, 0.29) is 0 Å². The fourth-order valence-electron chi connectivity index (χ4n) is 2.23. The third kappa shape index (κ3) is 3.68. The van der Waals surface area contributed by atoms with Gasteiger partial charge in [-0.1, -0.05) is 43.3 Å². The second-order valence-electron chi connectivity index (χ2n) is 4.73. The number of rotatable bonds is 6. The van der Waals surface area contributed by atoms with Crippen LogP contribution >= 0.6 is 0 Å². The molecule has 0 aromatic heterocycles. The Hall–Kier alpha value is -2.13. The van der Waals surface area contributed by atoms with Gasteiger partial charge >= 0.3 is 5.97 Å². The van der Waals surface area contributed by atoms with Crippen molar-refractivity contribution in [3.63, 3.8) is 0 Å². The van der Waals surface area contributed by atoms with Gasteiger partial charge in [0.2, 0.25) is 0 Å². The fourth-order valence-corrected chi connectivity index (χ4v) is 2.23. The van der Waals surface area contributed by atoms with Gasteiger partial charge in [-0.3, -0.25) is 0 Å². The maximum atomic E-state index is 10.9. The maximum absolute atomic E-state index is 10.9. The van der Waals surface area contributed by atoms with Gasteiger partial charge < -0.3 is 10.4 Å². The summed E-state index contributed by atoms with van der Waals surface area (Å²) in [6, 6.07) is 15.4. The van der Waals surface area contributed by atoms with Crippen molar-refractivity contribution in [1.82, 2.24) is 5.32 Å². The van der Waals surface area contributed by atoms with Crippen molar-refractivity contribution in [2.75, 3.05) is 0 Å². The zero-order valence-electron chi connectivity index (χ0n) is 11.6. The van der Waals surface area contributed by atoms with E-state index < -0.39 is 5.97 Å². The molecule has 104 valence electrons. The van der Waals surface area contributed by atoms with Crippen LogP contribution in [0.4, 0.5) is 0 Å². The predicted molar refractivity (Wildman–Crippen MR) is 79.8 cm³/mol. The SMILES string of the molecule is CCc1ccccc1CNCc1cccc(C(=O)O)c1. The van der Waals surface area contributed by atoms with Gasteiger partial charge in [-0.15, -0.1) is 0 Å². The summed E-state index contributed by atoms with van der Waals surface area (Å²) < 4.78 is 0. The lowest BCUT2D eigenvalue weighted by Crippen LogP contribution is -2.14. The summed E-state index contributed by atoms with van der Waals surface area (Å²) in [4.78, 5) is 10.9. The zero-order chi connectivity index (χ0) is 14.4. The Labute approximate surface area is 119 Å². The number of aryl methyl sites for hydroxylation is 1. The van der Waals surface area contributed by atoms with Crippen LogP contribution in [0.25, 0.3) is 0 Å². The largest absolute Gasteiger partial charge is 0.478 e. The van der Waals surface area contributed by atoms with E-state index in [1.807, 2.05) is 12.1 Å². The van der Waals surface area contributed by atoms with E-state index in [1.54, 1.807) is 18.2 Å². The van der Waals surface area contributed by atoms with E-state index in [0.29, 0.717) is 12.1 Å². The van der Waals surface area contributed by atoms with Gasteiger partial charge in [0.15, 0.2) is 0 Å². The van der Waals surface area contributed by atoms with Crippen molar-refractivity contribution < 1.29 is 9.90 Å². The Morgan fingerprint density at radius 3 is 2.50 bits per heavy atom. The Balaban J connectivity index is 1.96. The number of benzene rings is 2. The first-order valence-electron chi connectivity index (χ1n) is 6.80. The summed E-state index contributed by atoms with van der Waals surface area (Å²) >= 11 is 0. The molecule has 0 aliphatic heterocycles. The summed E-state index contributed by atoms with van der Waals surface area (Å²) in [5.74, 6) is -0.886. The molecule has 0 amide bonds. The minimum absolute atomic E-state index is 0.332. The topological polar surface area (TPSA) is 49.3 Å². The van der Waals surface area contributed by atoms with E-state index in [2.05, 4.69) is 30.4 Å². The van der Waals surface area contributed by atoms with Gasteiger partial charge in [0, 0.05) is 13.1 Å². The lowest BCUT2D eigenvalue weighted by Gasteiger charge is -2.09. The molecule has 0 saturated heterocycles. The molecule has 2 aromatic rings. The van der Waals surface area contributed by atoms with Crippen LogP contribution in [-0.4, -0.2) is 11.1 Å². The number of carboxylic acids is 1. The summed E-state index contributed by atoms with van der Waals surface area (Å²) in [7, 11) is 0. The fraction of sp³-hybridized carbons (Fsp3) is 0.235. The van der Waals surface area contributed by atoms with E-state index in [1.165, 1.54) is 11.1 Å². The molecule has 0 unspecified atom stereocenters. The second kappa shape index (κ2) is 6.87. The molecular formula is C17H19NO2. The highest BCUT2D eigenvalue weighted by molar-refractivity contribution is 5.87. The molecule has 0 spiro atoms. The summed E-state index contributed by atoms with van der Waals surface area (Å²) in [5, 5.41) is 12.3. The Morgan fingerprint density at radius 1 is 1.05 bits per heavy atom. The van der Waals surface area contributed by atoms with E-state index in [9.17, 15) is 4.79 Å². The molecule has 0 fully saturated rings. The van der Waals surface area contributed by atoms with Crippen molar-refractivity contribution in [1.29, 1.82) is 0 Å². The average Bonchev–Trinajstić information content (AvgIpc) is 2.48. The zero-order valence-corrected chi connectivity index (χ0v) is 11.6. The quantitative estimate of drug-likeness (QED) is 0.846. The van der Waals surface area contributed by atoms with Crippen LogP contribution in [0, 0.1) is 0 Å². The predicted octanol–water partition coefficient (Wildman–Crippen LogP) is 3.24. The molecule has 2 rings (SSSR count). The lowest BCUT2D eigenvalue weighted by atomic mass is 10.1. The van der Waals surface area contributed by atoms with E-state index in [0.717, 1.165) is 18.5 Å². The molecule has 0 aliphatic rings. The van der Waals surface area contributed by atoms with Gasteiger partial charge in [0.05, 0.1) is 5.56 Å². The number of nitrogens with one attached hydrogen (secondary N) is 1. The van der Waals surface area contributed by atoms with Gasteiger partial charge in [0.25, 0.3) is 0 Å². The second-order valence-corrected chi connectivity index (χ2v) is 4.73. The average molecular weight is 269 g/mol. The molecule has 0 saturated carbocycles. The van der Waals surface area contributed by atoms with Crippen molar-refractivity contribution in [2.45, 2.75) is 26.4 Å². The van der Waals surface area contributed by atoms with Gasteiger partial charge in [-0.05, 0) is 35.2 Å².